The topological polar surface area (TPSA) is 40.5 Å². The van der Waals surface area contributed by atoms with E-state index in [4.69, 9.17) is 11.6 Å². The van der Waals surface area contributed by atoms with E-state index in [2.05, 4.69) is 6.92 Å². The van der Waals surface area contributed by atoms with Crippen molar-refractivity contribution in [2.75, 3.05) is 11.4 Å². The third kappa shape index (κ3) is 3.52. The van der Waals surface area contributed by atoms with Crippen molar-refractivity contribution >= 4 is 34.6 Å². The second-order valence-corrected chi connectivity index (χ2v) is 5.86. The molecule has 1 atom stereocenters. The van der Waals surface area contributed by atoms with Gasteiger partial charge in [-0.15, -0.1) is 11.3 Å². The van der Waals surface area contributed by atoms with E-state index in [1.807, 2.05) is 34.5 Å². The fraction of sp³-hybridized carbons (Fsp3) is 0.267. The van der Waals surface area contributed by atoms with Crippen molar-refractivity contribution in [2.45, 2.75) is 19.4 Å². The maximum atomic E-state index is 11.2. The summed E-state index contributed by atoms with van der Waals surface area (Å²) >= 11 is 7.67. The summed E-state index contributed by atoms with van der Waals surface area (Å²) in [7, 11) is 0. The Labute approximate surface area is 127 Å². The van der Waals surface area contributed by atoms with Crippen molar-refractivity contribution in [3.8, 4) is 0 Å². The van der Waals surface area contributed by atoms with Gasteiger partial charge in [-0.2, -0.15) is 0 Å². The van der Waals surface area contributed by atoms with Crippen molar-refractivity contribution in [3.63, 3.8) is 0 Å². The Morgan fingerprint density at radius 3 is 2.75 bits per heavy atom. The normalized spacial score (nSPS) is 12.1. The van der Waals surface area contributed by atoms with Crippen LogP contribution in [0.2, 0.25) is 5.02 Å². The Morgan fingerprint density at radius 2 is 2.20 bits per heavy atom. The summed E-state index contributed by atoms with van der Waals surface area (Å²) in [6, 6.07) is 11.4. The number of thiophene rings is 1. The van der Waals surface area contributed by atoms with E-state index in [1.54, 1.807) is 23.5 Å². The summed E-state index contributed by atoms with van der Waals surface area (Å²) < 4.78 is 0. The molecule has 1 N–H and O–H groups in total. The van der Waals surface area contributed by atoms with Gasteiger partial charge in [-0.3, -0.25) is 4.79 Å². The minimum Gasteiger partial charge on any atom is -0.480 e. The molecule has 5 heteroatoms. The molecule has 0 aliphatic rings. The second-order valence-electron chi connectivity index (χ2n) is 4.44. The Bertz CT molecular complexity index is 571. The monoisotopic (exact) mass is 309 g/mol. The van der Waals surface area contributed by atoms with Crippen LogP contribution in [0.4, 0.5) is 5.69 Å². The minimum atomic E-state index is -0.847. The Morgan fingerprint density at radius 1 is 1.40 bits per heavy atom. The second kappa shape index (κ2) is 6.77. The SMILES string of the molecule is CCC(c1cccs1)N(CC(=O)O)c1cccc(Cl)c1. The highest BCUT2D eigenvalue weighted by atomic mass is 35.5. The standard InChI is InChI=1S/C15H16ClNO2S/c1-2-13(14-7-4-8-20-14)17(10-15(18)19)12-6-3-5-11(16)9-12/h3-9,13H,2,10H2,1H3,(H,18,19). The van der Waals surface area contributed by atoms with E-state index >= 15 is 0 Å². The van der Waals surface area contributed by atoms with E-state index in [9.17, 15) is 9.90 Å². The van der Waals surface area contributed by atoms with Gasteiger partial charge in [0.1, 0.15) is 6.54 Å². The Kier molecular flexibility index (Phi) is 5.04. The largest absolute Gasteiger partial charge is 0.480 e. The van der Waals surface area contributed by atoms with Gasteiger partial charge in [0.25, 0.3) is 0 Å². The van der Waals surface area contributed by atoms with Crippen molar-refractivity contribution in [3.05, 3.63) is 51.7 Å². The van der Waals surface area contributed by atoms with Gasteiger partial charge in [0, 0.05) is 15.6 Å². The van der Waals surface area contributed by atoms with Crippen LogP contribution >= 0.6 is 22.9 Å². The van der Waals surface area contributed by atoms with Gasteiger partial charge in [-0.05, 0) is 36.1 Å². The maximum Gasteiger partial charge on any atom is 0.323 e. The number of halogens is 1. The molecule has 20 heavy (non-hydrogen) atoms. The van der Waals surface area contributed by atoms with Gasteiger partial charge in [-0.25, -0.2) is 0 Å². The molecule has 0 aliphatic carbocycles. The third-order valence-electron chi connectivity index (χ3n) is 3.08. The highest BCUT2D eigenvalue weighted by Crippen LogP contribution is 2.33. The van der Waals surface area contributed by atoms with Gasteiger partial charge in [0.15, 0.2) is 0 Å². The van der Waals surface area contributed by atoms with Crippen molar-refractivity contribution in [1.29, 1.82) is 0 Å². The number of hydrogen-bond donors (Lipinski definition) is 1. The summed E-state index contributed by atoms with van der Waals surface area (Å²) in [5, 5.41) is 11.8. The van der Waals surface area contributed by atoms with E-state index in [1.165, 1.54) is 0 Å². The first kappa shape index (κ1) is 14.9. The summed E-state index contributed by atoms with van der Waals surface area (Å²) in [5.74, 6) is -0.847. The van der Waals surface area contributed by atoms with Crippen LogP contribution in [-0.4, -0.2) is 17.6 Å². The van der Waals surface area contributed by atoms with Gasteiger partial charge >= 0.3 is 5.97 Å². The number of benzene rings is 1. The first-order valence-corrected chi connectivity index (χ1v) is 7.65. The van der Waals surface area contributed by atoms with Crippen molar-refractivity contribution in [2.24, 2.45) is 0 Å². The number of carbonyl (C=O) groups is 1. The van der Waals surface area contributed by atoms with Crippen LogP contribution in [0, 0.1) is 0 Å². The van der Waals surface area contributed by atoms with Gasteiger partial charge in [-0.1, -0.05) is 30.7 Å². The summed E-state index contributed by atoms with van der Waals surface area (Å²) in [5.41, 5.74) is 0.833. The third-order valence-corrected chi connectivity index (χ3v) is 4.29. The van der Waals surface area contributed by atoms with Gasteiger partial charge < -0.3 is 10.0 Å². The number of carboxylic acid groups (broad SMARTS) is 1. The lowest BCUT2D eigenvalue weighted by Crippen LogP contribution is -2.33. The molecular weight excluding hydrogens is 294 g/mol. The molecular formula is C15H16ClNO2S. The smallest absolute Gasteiger partial charge is 0.323 e. The first-order chi connectivity index (χ1) is 9.61. The fourth-order valence-corrected chi connectivity index (χ4v) is 3.34. The molecule has 2 aromatic rings. The molecule has 0 radical (unpaired) electrons. The van der Waals surface area contributed by atoms with E-state index in [0.717, 1.165) is 17.0 Å². The summed E-state index contributed by atoms with van der Waals surface area (Å²) in [6.45, 7) is 2.01. The lowest BCUT2D eigenvalue weighted by Gasteiger charge is -2.31. The van der Waals surface area contributed by atoms with Crippen LogP contribution in [0.25, 0.3) is 0 Å². The number of hydrogen-bond acceptors (Lipinski definition) is 3. The van der Waals surface area contributed by atoms with Crippen molar-refractivity contribution in [1.82, 2.24) is 0 Å². The molecule has 106 valence electrons. The fourth-order valence-electron chi connectivity index (χ4n) is 2.24. The van der Waals surface area contributed by atoms with Crippen LogP contribution in [0.15, 0.2) is 41.8 Å². The highest BCUT2D eigenvalue weighted by Gasteiger charge is 2.22. The van der Waals surface area contributed by atoms with Crippen LogP contribution in [0.5, 0.6) is 0 Å². The molecule has 1 heterocycles. The molecule has 0 spiro atoms. The lowest BCUT2D eigenvalue weighted by molar-refractivity contribution is -0.135. The Balaban J connectivity index is 2.38. The summed E-state index contributed by atoms with van der Waals surface area (Å²) in [4.78, 5) is 14.2. The quantitative estimate of drug-likeness (QED) is 0.857. The van der Waals surface area contributed by atoms with E-state index in [-0.39, 0.29) is 12.6 Å². The van der Waals surface area contributed by atoms with E-state index < -0.39 is 5.97 Å². The predicted octanol–water partition coefficient (Wildman–Crippen LogP) is 4.44. The molecule has 0 aliphatic heterocycles. The molecule has 1 aromatic carbocycles. The van der Waals surface area contributed by atoms with Crippen LogP contribution in [0.1, 0.15) is 24.3 Å². The first-order valence-electron chi connectivity index (χ1n) is 6.39. The molecule has 0 bridgehead atoms. The molecule has 0 amide bonds. The number of carboxylic acids is 1. The average Bonchev–Trinajstić information content (AvgIpc) is 2.92. The van der Waals surface area contributed by atoms with Crippen LogP contribution in [-0.2, 0) is 4.79 Å². The zero-order chi connectivity index (χ0) is 14.5. The van der Waals surface area contributed by atoms with Gasteiger partial charge in [0.05, 0.1) is 6.04 Å². The number of rotatable bonds is 6. The van der Waals surface area contributed by atoms with Crippen LogP contribution in [0.3, 0.4) is 0 Å². The average molecular weight is 310 g/mol. The molecule has 0 saturated heterocycles. The molecule has 1 unspecified atom stereocenters. The summed E-state index contributed by atoms with van der Waals surface area (Å²) in [6.07, 6.45) is 0.834. The zero-order valence-corrected chi connectivity index (χ0v) is 12.7. The maximum absolute atomic E-state index is 11.2. The van der Waals surface area contributed by atoms with Crippen LogP contribution < -0.4 is 4.90 Å². The number of anilines is 1. The number of nitrogens with zero attached hydrogens (tertiary/aromatic N) is 1. The van der Waals surface area contributed by atoms with Gasteiger partial charge in [0.2, 0.25) is 0 Å². The highest BCUT2D eigenvalue weighted by molar-refractivity contribution is 7.10. The predicted molar refractivity (Wildman–Crippen MR) is 83.8 cm³/mol. The molecule has 1 aromatic heterocycles. The molecule has 0 saturated carbocycles. The van der Waals surface area contributed by atoms with Crippen molar-refractivity contribution < 1.29 is 9.90 Å². The Hall–Kier alpha value is -1.52. The molecule has 2 rings (SSSR count). The number of aliphatic carboxylic acids is 1. The molecule has 0 fully saturated rings. The zero-order valence-electron chi connectivity index (χ0n) is 11.1. The minimum absolute atomic E-state index is 0.0449. The molecule has 3 nitrogen and oxygen atoms in total. The van der Waals surface area contributed by atoms with E-state index in [0.29, 0.717) is 5.02 Å². The lowest BCUT2D eigenvalue weighted by atomic mass is 10.1.